The fraction of sp³-hybridized carbons (Fsp3) is 0.423. The van der Waals surface area contributed by atoms with E-state index in [1.54, 1.807) is 25.2 Å². The monoisotopic (exact) mass is 540 g/mol. The number of benzene rings is 2. The number of rotatable bonds is 8. The Morgan fingerprint density at radius 1 is 1.05 bits per heavy atom. The molecule has 3 N–H and O–H groups in total. The molecule has 3 amide bonds. The number of carbonyl (C=O) groups is 3. The van der Waals surface area contributed by atoms with Gasteiger partial charge in [0.05, 0.1) is 5.92 Å². The van der Waals surface area contributed by atoms with Crippen molar-refractivity contribution in [1.82, 2.24) is 15.1 Å². The summed E-state index contributed by atoms with van der Waals surface area (Å²) in [6.45, 7) is 3.93. The molecule has 0 spiro atoms. The van der Waals surface area contributed by atoms with Gasteiger partial charge in [0, 0.05) is 43.7 Å². The van der Waals surface area contributed by atoms with E-state index in [9.17, 15) is 36.3 Å². The first-order chi connectivity index (χ1) is 17.8. The summed E-state index contributed by atoms with van der Waals surface area (Å²) in [5.74, 6) is -5.81. The quantitative estimate of drug-likeness (QED) is 0.504. The predicted octanol–water partition coefficient (Wildman–Crippen LogP) is 2.74. The molecule has 38 heavy (non-hydrogen) atoms. The molecular formula is C26H29F5N4O3. The third-order valence-electron chi connectivity index (χ3n) is 6.76. The number of nitrogens with zero attached hydrogens (tertiary/aromatic N) is 2. The SMILES string of the molecule is CC(C(C(N)=O)c1ccccc1F)N1CCN(C(=O)C(Cc2ccc(F)cc2)NC(=O)C(F)(F)F)C(C)C1. The van der Waals surface area contributed by atoms with Crippen molar-refractivity contribution in [2.45, 2.75) is 50.5 Å². The fourth-order valence-corrected chi connectivity index (χ4v) is 4.77. The minimum Gasteiger partial charge on any atom is -0.369 e. The molecule has 4 unspecified atom stereocenters. The second-order valence-corrected chi connectivity index (χ2v) is 9.37. The van der Waals surface area contributed by atoms with Gasteiger partial charge in [-0.3, -0.25) is 19.3 Å². The van der Waals surface area contributed by atoms with E-state index in [4.69, 9.17) is 5.73 Å². The minimum atomic E-state index is -5.20. The third kappa shape index (κ3) is 6.85. The number of nitrogens with one attached hydrogen (secondary N) is 1. The highest BCUT2D eigenvalue weighted by Crippen LogP contribution is 2.28. The Kier molecular flexibility index (Phi) is 9.08. The Balaban J connectivity index is 1.77. The Morgan fingerprint density at radius 2 is 1.68 bits per heavy atom. The van der Waals surface area contributed by atoms with Crippen molar-refractivity contribution in [3.63, 3.8) is 0 Å². The van der Waals surface area contributed by atoms with Gasteiger partial charge in [-0.05, 0) is 37.6 Å². The molecule has 0 aromatic heterocycles. The maximum absolute atomic E-state index is 14.4. The van der Waals surface area contributed by atoms with Crippen molar-refractivity contribution < 1.29 is 36.3 Å². The molecule has 7 nitrogen and oxygen atoms in total. The van der Waals surface area contributed by atoms with Gasteiger partial charge in [-0.1, -0.05) is 30.3 Å². The number of alkyl halides is 3. The summed E-state index contributed by atoms with van der Waals surface area (Å²) in [7, 11) is 0. The molecule has 2 aromatic rings. The first-order valence-corrected chi connectivity index (χ1v) is 12.0. The van der Waals surface area contributed by atoms with Crippen LogP contribution in [0.4, 0.5) is 22.0 Å². The number of carbonyl (C=O) groups excluding carboxylic acids is 3. The largest absolute Gasteiger partial charge is 0.471 e. The van der Waals surface area contributed by atoms with Crippen LogP contribution < -0.4 is 11.1 Å². The van der Waals surface area contributed by atoms with Crippen molar-refractivity contribution in [2.24, 2.45) is 5.73 Å². The molecule has 0 bridgehead atoms. The number of halogens is 5. The van der Waals surface area contributed by atoms with Crippen LogP contribution in [0.3, 0.4) is 0 Å². The Hall–Kier alpha value is -3.54. The summed E-state index contributed by atoms with van der Waals surface area (Å²) in [4.78, 5) is 40.5. The molecule has 1 fully saturated rings. The van der Waals surface area contributed by atoms with Crippen molar-refractivity contribution in [3.8, 4) is 0 Å². The van der Waals surface area contributed by atoms with Crippen LogP contribution >= 0.6 is 0 Å². The van der Waals surface area contributed by atoms with Crippen molar-refractivity contribution in [2.75, 3.05) is 19.6 Å². The lowest BCUT2D eigenvalue weighted by atomic mass is 9.89. The van der Waals surface area contributed by atoms with Gasteiger partial charge >= 0.3 is 12.1 Å². The van der Waals surface area contributed by atoms with Gasteiger partial charge in [-0.25, -0.2) is 8.78 Å². The van der Waals surface area contributed by atoms with E-state index >= 15 is 0 Å². The van der Waals surface area contributed by atoms with E-state index < -0.39 is 59.6 Å². The number of primary amides is 1. The molecule has 0 aliphatic carbocycles. The maximum Gasteiger partial charge on any atom is 0.471 e. The zero-order valence-electron chi connectivity index (χ0n) is 20.8. The topological polar surface area (TPSA) is 95.7 Å². The van der Waals surface area contributed by atoms with Gasteiger partial charge < -0.3 is 16.0 Å². The smallest absolute Gasteiger partial charge is 0.369 e. The lowest BCUT2D eigenvalue weighted by molar-refractivity contribution is -0.175. The van der Waals surface area contributed by atoms with Gasteiger partial charge in [0.15, 0.2) is 0 Å². The van der Waals surface area contributed by atoms with Crippen molar-refractivity contribution in [1.29, 1.82) is 0 Å². The summed E-state index contributed by atoms with van der Waals surface area (Å²) in [5, 5.41) is 1.77. The first kappa shape index (κ1) is 29.0. The molecule has 1 aliphatic heterocycles. The van der Waals surface area contributed by atoms with Crippen LogP contribution in [0.15, 0.2) is 48.5 Å². The van der Waals surface area contributed by atoms with Crippen LogP contribution in [0.25, 0.3) is 0 Å². The summed E-state index contributed by atoms with van der Waals surface area (Å²) in [6, 6.07) is 8.06. The van der Waals surface area contributed by atoms with E-state index in [-0.39, 0.29) is 31.6 Å². The first-order valence-electron chi connectivity index (χ1n) is 12.0. The number of hydrogen-bond donors (Lipinski definition) is 2. The standard InChI is InChI=1S/C26H29F5N4O3/c1-15-14-34(16(2)22(23(32)36)19-5-3-4-6-20(19)28)11-12-35(15)24(37)21(33-25(38)26(29,30)31)13-17-7-9-18(27)10-8-17/h3-10,15-16,21-22H,11-14H2,1-2H3,(H2,32,36)(H,33,38). The number of amides is 3. The Morgan fingerprint density at radius 3 is 2.24 bits per heavy atom. The average Bonchev–Trinajstić information content (AvgIpc) is 2.85. The minimum absolute atomic E-state index is 0.0783. The Bertz CT molecular complexity index is 1160. The summed E-state index contributed by atoms with van der Waals surface area (Å²) in [5.41, 5.74) is 6.12. The normalized spacial score (nSPS) is 18.9. The molecule has 1 aliphatic rings. The van der Waals surface area contributed by atoms with Crippen LogP contribution in [0.2, 0.25) is 0 Å². The van der Waals surface area contributed by atoms with E-state index in [2.05, 4.69) is 0 Å². The molecule has 12 heteroatoms. The molecule has 1 heterocycles. The zero-order chi connectivity index (χ0) is 28.2. The molecule has 1 saturated heterocycles. The highest BCUT2D eigenvalue weighted by Gasteiger charge is 2.43. The van der Waals surface area contributed by atoms with E-state index in [1.165, 1.54) is 35.2 Å². The molecule has 206 valence electrons. The second kappa shape index (κ2) is 11.9. The molecular weight excluding hydrogens is 511 g/mol. The molecule has 4 atom stereocenters. The van der Waals surface area contributed by atoms with Gasteiger partial charge in [0.25, 0.3) is 0 Å². The zero-order valence-corrected chi connectivity index (χ0v) is 20.8. The highest BCUT2D eigenvalue weighted by atomic mass is 19.4. The van der Waals surface area contributed by atoms with Crippen LogP contribution in [-0.4, -0.2) is 71.5 Å². The molecule has 0 saturated carbocycles. The van der Waals surface area contributed by atoms with Crippen LogP contribution in [0, 0.1) is 11.6 Å². The van der Waals surface area contributed by atoms with Gasteiger partial charge in [0.1, 0.15) is 17.7 Å². The van der Waals surface area contributed by atoms with Crippen molar-refractivity contribution >= 4 is 17.7 Å². The van der Waals surface area contributed by atoms with Gasteiger partial charge in [-0.2, -0.15) is 13.2 Å². The van der Waals surface area contributed by atoms with Crippen LogP contribution in [0.1, 0.15) is 30.9 Å². The van der Waals surface area contributed by atoms with Gasteiger partial charge in [-0.15, -0.1) is 0 Å². The van der Waals surface area contributed by atoms with Gasteiger partial charge in [0.2, 0.25) is 11.8 Å². The third-order valence-corrected chi connectivity index (χ3v) is 6.76. The van der Waals surface area contributed by atoms with E-state index in [1.807, 2.05) is 4.90 Å². The van der Waals surface area contributed by atoms with E-state index in [0.717, 1.165) is 12.1 Å². The Labute approximate surface area is 216 Å². The average molecular weight is 541 g/mol. The lowest BCUT2D eigenvalue weighted by Crippen LogP contribution is -2.61. The number of piperazine rings is 1. The predicted molar refractivity (Wildman–Crippen MR) is 129 cm³/mol. The molecule has 0 radical (unpaired) electrons. The van der Waals surface area contributed by atoms with Crippen molar-refractivity contribution in [3.05, 3.63) is 71.3 Å². The maximum atomic E-state index is 14.4. The summed E-state index contributed by atoms with van der Waals surface area (Å²) >= 11 is 0. The van der Waals surface area contributed by atoms with Crippen LogP contribution in [-0.2, 0) is 20.8 Å². The summed E-state index contributed by atoms with van der Waals surface area (Å²) in [6.07, 6.45) is -5.47. The summed E-state index contributed by atoms with van der Waals surface area (Å²) < 4.78 is 66.6. The van der Waals surface area contributed by atoms with Crippen LogP contribution in [0.5, 0.6) is 0 Å². The lowest BCUT2D eigenvalue weighted by Gasteiger charge is -2.44. The van der Waals surface area contributed by atoms with E-state index in [0.29, 0.717) is 5.56 Å². The number of hydrogen-bond acceptors (Lipinski definition) is 4. The number of nitrogens with two attached hydrogens (primary N) is 1. The molecule has 2 aromatic carbocycles. The fourth-order valence-electron chi connectivity index (χ4n) is 4.77. The molecule has 3 rings (SSSR count). The highest BCUT2D eigenvalue weighted by molar-refractivity contribution is 5.90. The second-order valence-electron chi connectivity index (χ2n) is 9.37.